The lowest BCUT2D eigenvalue weighted by Crippen LogP contribution is -2.32. The highest BCUT2D eigenvalue weighted by atomic mass is 32.1. The Morgan fingerprint density at radius 3 is 2.12 bits per heavy atom. The lowest BCUT2D eigenvalue weighted by Gasteiger charge is -2.13. The summed E-state index contributed by atoms with van der Waals surface area (Å²) in [4.78, 5) is 37.3. The minimum atomic E-state index is -4.32. The van der Waals surface area contributed by atoms with Crippen molar-refractivity contribution in [3.8, 4) is 0 Å². The van der Waals surface area contributed by atoms with E-state index in [0.29, 0.717) is 0 Å². The van der Waals surface area contributed by atoms with E-state index in [0.717, 1.165) is 0 Å². The maximum absolute atomic E-state index is 10.6. The Hall–Kier alpha value is -0.680. The van der Waals surface area contributed by atoms with Gasteiger partial charge in [-0.15, -0.1) is 0 Å². The quantitative estimate of drug-likeness (QED) is 0.205. The summed E-state index contributed by atoms with van der Waals surface area (Å²) in [6.45, 7) is -0.509. The van der Waals surface area contributed by atoms with E-state index in [2.05, 4.69) is 0 Å². The van der Waals surface area contributed by atoms with Crippen molar-refractivity contribution >= 4 is 27.4 Å². The van der Waals surface area contributed by atoms with Crippen LogP contribution in [-0.4, -0.2) is 78.9 Å². The number of ether oxygens (including phenoxy) is 1. The minimum Gasteiger partial charge on any atom is -0.480 e. The lowest BCUT2D eigenvalue weighted by molar-refractivity contribution is -0.138. The molecule has 1 radical (unpaired) electrons. The standard InChI is InChI=1S/C5H10N2O3.C5H11O7P2/c6-3(5(9)10)1-2-4(7)8;6-1-2-3(7)4(8)5(12-2)13-14(9,10)11/h3H,1-2,6H2,(H2,7,8)(H,9,10);2-8H,1H2,(H2,9,10,11)/t;2-,3-,4-,5?/m.1/s1. The van der Waals surface area contributed by atoms with Crippen molar-refractivity contribution in [1.29, 1.82) is 0 Å². The van der Waals surface area contributed by atoms with Gasteiger partial charge in [-0.3, -0.25) is 14.2 Å². The van der Waals surface area contributed by atoms with Gasteiger partial charge in [-0.05, 0) is 6.42 Å². The van der Waals surface area contributed by atoms with E-state index in [9.17, 15) is 24.4 Å². The molecule has 0 saturated carbocycles. The van der Waals surface area contributed by atoms with Crippen LogP contribution in [0.1, 0.15) is 12.8 Å². The van der Waals surface area contributed by atoms with Crippen molar-refractivity contribution in [3.05, 3.63) is 0 Å². The molecule has 1 heterocycles. The van der Waals surface area contributed by atoms with E-state index in [1.807, 2.05) is 0 Å². The molecule has 10 N–H and O–H groups in total. The molecule has 1 fully saturated rings. The Bertz CT molecular complexity index is 473. The maximum Gasteiger partial charge on any atom is 0.351 e. The second-order valence-corrected chi connectivity index (χ2v) is 8.83. The lowest BCUT2D eigenvalue weighted by atomic mass is 10.2. The molecule has 1 aliphatic heterocycles. The number of aliphatic hydroxyl groups is 3. The zero-order chi connectivity index (χ0) is 19.1. The highest BCUT2D eigenvalue weighted by molar-refractivity contribution is 8.19. The first-order chi connectivity index (χ1) is 10.9. The molecule has 0 bridgehead atoms. The summed E-state index contributed by atoms with van der Waals surface area (Å²) in [5.74, 6) is -2.80. The molecule has 1 amide bonds. The average Bonchev–Trinajstić information content (AvgIpc) is 2.71. The third-order valence-corrected chi connectivity index (χ3v) is 5.34. The summed E-state index contributed by atoms with van der Waals surface area (Å²) >= 11 is 0. The first-order valence-electron chi connectivity index (χ1n) is 6.56. The van der Waals surface area contributed by atoms with Gasteiger partial charge in [0.15, 0.2) is 0 Å². The highest BCUT2D eigenvalue weighted by Crippen LogP contribution is 2.60. The van der Waals surface area contributed by atoms with Crippen LogP contribution in [0.4, 0.5) is 0 Å². The molecule has 0 spiro atoms. The van der Waals surface area contributed by atoms with E-state index in [1.54, 1.807) is 0 Å². The second kappa shape index (κ2) is 10.3. The van der Waals surface area contributed by atoms with Crippen LogP contribution in [0.3, 0.4) is 0 Å². The predicted octanol–water partition coefficient (Wildman–Crippen LogP) is -2.87. The number of amides is 1. The normalized spacial score (nSPS) is 28.4. The molecule has 1 saturated heterocycles. The van der Waals surface area contributed by atoms with Crippen molar-refractivity contribution in [2.45, 2.75) is 43.0 Å². The van der Waals surface area contributed by atoms with Gasteiger partial charge in [-0.25, -0.2) is 0 Å². The summed E-state index contributed by atoms with van der Waals surface area (Å²) in [5, 5.41) is 35.4. The van der Waals surface area contributed by atoms with E-state index in [-0.39, 0.29) is 12.8 Å². The smallest absolute Gasteiger partial charge is 0.351 e. The first kappa shape index (κ1) is 23.3. The van der Waals surface area contributed by atoms with Crippen LogP contribution in [0.5, 0.6) is 0 Å². The molecule has 12 nitrogen and oxygen atoms in total. The van der Waals surface area contributed by atoms with E-state index >= 15 is 0 Å². The minimum absolute atomic E-state index is 0.0213. The topological polar surface area (TPSA) is 234 Å². The molecule has 0 aliphatic carbocycles. The highest BCUT2D eigenvalue weighted by Gasteiger charge is 2.45. The van der Waals surface area contributed by atoms with Crippen molar-refractivity contribution in [2.24, 2.45) is 11.5 Å². The van der Waals surface area contributed by atoms with E-state index in [4.69, 9.17) is 36.2 Å². The van der Waals surface area contributed by atoms with Gasteiger partial charge in [-0.2, -0.15) is 0 Å². The number of hydrogen-bond acceptors (Lipinski definition) is 8. The fraction of sp³-hybridized carbons (Fsp3) is 0.800. The summed E-state index contributed by atoms with van der Waals surface area (Å²) in [6, 6.07) is -0.979. The molecule has 2 unspecified atom stereocenters. The SMILES string of the molecule is NC(=O)CCC(N)C(=O)O.O=P(O)(O)[P]C1O[C@H](CO)[C@@H](O)[C@H]1O. The molecule has 14 heteroatoms. The van der Waals surface area contributed by atoms with Gasteiger partial charge in [-0.1, -0.05) is 0 Å². The van der Waals surface area contributed by atoms with Gasteiger partial charge in [0.2, 0.25) is 5.91 Å². The van der Waals surface area contributed by atoms with Gasteiger partial charge in [0.25, 0.3) is 0 Å². The van der Waals surface area contributed by atoms with Gasteiger partial charge in [0.05, 0.1) is 14.9 Å². The number of hydrogen-bond donors (Lipinski definition) is 8. The number of carboxylic acid groups (broad SMARTS) is 1. The molecule has 24 heavy (non-hydrogen) atoms. The number of nitrogens with two attached hydrogens (primary N) is 2. The van der Waals surface area contributed by atoms with Crippen LogP contribution in [-0.2, 0) is 18.9 Å². The number of aliphatic carboxylic acids is 1. The number of carboxylic acids is 1. The van der Waals surface area contributed by atoms with Crippen LogP contribution >= 0.6 is 15.6 Å². The molecule has 141 valence electrons. The van der Waals surface area contributed by atoms with Gasteiger partial charge >= 0.3 is 13.3 Å². The average molecular weight is 391 g/mol. The van der Waals surface area contributed by atoms with Crippen LogP contribution in [0.2, 0.25) is 0 Å². The molecule has 0 aromatic carbocycles. The summed E-state index contributed by atoms with van der Waals surface area (Å²) in [7, 11) is -4.73. The Morgan fingerprint density at radius 2 is 1.79 bits per heavy atom. The third-order valence-electron chi connectivity index (χ3n) is 2.80. The zero-order valence-electron chi connectivity index (χ0n) is 12.4. The zero-order valence-corrected chi connectivity index (χ0v) is 14.2. The van der Waals surface area contributed by atoms with Crippen molar-refractivity contribution in [2.75, 3.05) is 6.61 Å². The third kappa shape index (κ3) is 8.97. The fourth-order valence-corrected chi connectivity index (χ4v) is 3.83. The molecule has 0 aromatic rings. The monoisotopic (exact) mass is 391 g/mol. The van der Waals surface area contributed by atoms with Crippen LogP contribution in [0.15, 0.2) is 0 Å². The van der Waals surface area contributed by atoms with Crippen molar-refractivity contribution in [1.82, 2.24) is 0 Å². The van der Waals surface area contributed by atoms with Crippen molar-refractivity contribution < 1.29 is 49.1 Å². The number of carbonyl (C=O) groups is 2. The fourth-order valence-electron chi connectivity index (χ4n) is 1.54. The summed E-state index contributed by atoms with van der Waals surface area (Å²) < 4.78 is 15.4. The molecular weight excluding hydrogens is 370 g/mol. The summed E-state index contributed by atoms with van der Waals surface area (Å²) in [6.07, 6.45) is -3.57. The molecule has 5 atom stereocenters. The van der Waals surface area contributed by atoms with Crippen LogP contribution < -0.4 is 11.5 Å². The number of primary amides is 1. The Morgan fingerprint density at radius 1 is 1.25 bits per heavy atom. The van der Waals surface area contributed by atoms with E-state index in [1.165, 1.54) is 0 Å². The maximum atomic E-state index is 10.6. The molecule has 1 rings (SSSR count). The molecule has 0 aromatic heterocycles. The van der Waals surface area contributed by atoms with Gasteiger partial charge in [0, 0.05) is 6.42 Å². The van der Waals surface area contributed by atoms with Crippen LogP contribution in [0.25, 0.3) is 0 Å². The van der Waals surface area contributed by atoms with Gasteiger partial charge < -0.3 is 46.4 Å². The van der Waals surface area contributed by atoms with Gasteiger partial charge in [0.1, 0.15) is 30.2 Å². The first-order valence-corrected chi connectivity index (χ1v) is 9.84. The number of rotatable bonds is 7. The second-order valence-electron chi connectivity index (χ2n) is 4.81. The Balaban J connectivity index is 0.000000470. The van der Waals surface area contributed by atoms with Crippen molar-refractivity contribution in [3.63, 3.8) is 0 Å². The number of carbonyl (C=O) groups excluding carboxylic acids is 1. The number of aliphatic hydroxyl groups excluding tert-OH is 3. The predicted molar refractivity (Wildman–Crippen MR) is 80.8 cm³/mol. The summed E-state index contributed by atoms with van der Waals surface area (Å²) in [5.41, 5.74) is 9.81. The molecule has 1 aliphatic rings. The Labute approximate surface area is 138 Å². The van der Waals surface area contributed by atoms with E-state index < -0.39 is 64.2 Å². The largest absolute Gasteiger partial charge is 0.480 e. The Kier molecular flexibility index (Phi) is 10.0. The molecular formula is C10H21N2O10P2. The van der Waals surface area contributed by atoms with Crippen LogP contribution in [0, 0.1) is 0 Å².